The smallest absolute Gasteiger partial charge is 0.263 e. The van der Waals surface area contributed by atoms with Crippen LogP contribution in [0.25, 0.3) is 0 Å². The Labute approximate surface area is 169 Å². The highest BCUT2D eigenvalue weighted by molar-refractivity contribution is 6.09. The molecule has 0 unspecified atom stereocenters. The fraction of sp³-hybridized carbons (Fsp3) is 0.174. The number of pyridine rings is 1. The van der Waals surface area contributed by atoms with Crippen molar-refractivity contribution in [2.75, 3.05) is 11.4 Å². The number of nitrogens with zero attached hydrogens (tertiary/aromatic N) is 2. The summed E-state index contributed by atoms with van der Waals surface area (Å²) < 4.78 is 5.87. The molecule has 1 aliphatic rings. The molecule has 0 spiro atoms. The molecule has 0 saturated carbocycles. The monoisotopic (exact) mass is 387 g/mol. The van der Waals surface area contributed by atoms with E-state index >= 15 is 0 Å². The van der Waals surface area contributed by atoms with E-state index in [4.69, 9.17) is 4.74 Å². The number of hydrogen-bond donors (Lipinski definition) is 1. The Morgan fingerprint density at radius 2 is 1.79 bits per heavy atom. The Balaban J connectivity index is 1.42. The third-order valence-corrected chi connectivity index (χ3v) is 4.73. The second kappa shape index (κ2) is 8.56. The van der Waals surface area contributed by atoms with E-state index in [1.54, 1.807) is 23.2 Å². The van der Waals surface area contributed by atoms with Crippen LogP contribution in [0.3, 0.4) is 0 Å². The summed E-state index contributed by atoms with van der Waals surface area (Å²) in [6.07, 6.45) is 2.47. The van der Waals surface area contributed by atoms with E-state index in [9.17, 15) is 9.59 Å². The molecule has 0 saturated heterocycles. The topological polar surface area (TPSA) is 71.5 Å². The lowest BCUT2D eigenvalue weighted by molar-refractivity contribution is -0.121. The van der Waals surface area contributed by atoms with Gasteiger partial charge in [0, 0.05) is 25.7 Å². The second-order valence-electron chi connectivity index (χ2n) is 6.75. The summed E-state index contributed by atoms with van der Waals surface area (Å²) in [4.78, 5) is 31.1. The molecular formula is C23H21N3O3. The predicted octanol–water partition coefficient (Wildman–Crippen LogP) is 3.93. The summed E-state index contributed by atoms with van der Waals surface area (Å²) in [6.45, 7) is 0.907. The molecular weight excluding hydrogens is 366 g/mol. The zero-order valence-corrected chi connectivity index (χ0v) is 15.9. The number of benzene rings is 2. The summed E-state index contributed by atoms with van der Waals surface area (Å²) in [6, 6.07) is 20.6. The molecule has 146 valence electrons. The van der Waals surface area contributed by atoms with E-state index in [-0.39, 0.29) is 11.8 Å². The zero-order chi connectivity index (χ0) is 20.1. The number of rotatable bonds is 6. The maximum absolute atomic E-state index is 13.1. The number of aromatic nitrogens is 1. The summed E-state index contributed by atoms with van der Waals surface area (Å²) in [7, 11) is 0. The van der Waals surface area contributed by atoms with Gasteiger partial charge in [-0.15, -0.1) is 0 Å². The maximum atomic E-state index is 13.1. The normalized spacial score (nSPS) is 12.4. The van der Waals surface area contributed by atoms with Gasteiger partial charge in [0.1, 0.15) is 5.56 Å². The van der Waals surface area contributed by atoms with Crippen LogP contribution in [0.2, 0.25) is 0 Å². The van der Waals surface area contributed by atoms with Crippen molar-refractivity contribution in [1.82, 2.24) is 10.3 Å². The Morgan fingerprint density at radius 3 is 2.66 bits per heavy atom. The van der Waals surface area contributed by atoms with Crippen molar-refractivity contribution >= 4 is 17.5 Å². The Kier molecular flexibility index (Phi) is 5.52. The van der Waals surface area contributed by atoms with E-state index in [1.165, 1.54) is 0 Å². The molecule has 29 heavy (non-hydrogen) atoms. The molecule has 2 aromatic carbocycles. The minimum Gasteiger partial charge on any atom is -0.436 e. The van der Waals surface area contributed by atoms with Crippen molar-refractivity contribution in [3.05, 3.63) is 84.1 Å². The molecule has 3 aromatic rings. The molecule has 0 fully saturated rings. The molecule has 0 atom stereocenters. The van der Waals surface area contributed by atoms with Crippen molar-refractivity contribution in [3.63, 3.8) is 0 Å². The standard InChI is InChI=1S/C23H21N3O3/c27-21(25-16-17-8-2-1-3-9-17)13-7-15-26-19-11-4-5-12-20(19)29-22-18(23(26)28)10-6-14-24-22/h1-6,8-12,14H,7,13,15-16H2,(H,25,27). The van der Waals surface area contributed by atoms with Crippen molar-refractivity contribution in [2.45, 2.75) is 19.4 Å². The Bertz CT molecular complexity index is 1020. The minimum atomic E-state index is -0.178. The van der Waals surface area contributed by atoms with E-state index in [0.717, 1.165) is 5.56 Å². The fourth-order valence-corrected chi connectivity index (χ4v) is 3.26. The largest absolute Gasteiger partial charge is 0.436 e. The van der Waals surface area contributed by atoms with Crippen LogP contribution >= 0.6 is 0 Å². The quantitative estimate of drug-likeness (QED) is 0.696. The number of para-hydroxylation sites is 2. The average molecular weight is 387 g/mol. The van der Waals surface area contributed by atoms with Gasteiger partial charge in [-0.25, -0.2) is 4.98 Å². The third-order valence-electron chi connectivity index (χ3n) is 4.73. The first-order chi connectivity index (χ1) is 14.2. The van der Waals surface area contributed by atoms with Crippen molar-refractivity contribution in [1.29, 1.82) is 0 Å². The van der Waals surface area contributed by atoms with Crippen LogP contribution in [0, 0.1) is 0 Å². The van der Waals surface area contributed by atoms with Gasteiger partial charge >= 0.3 is 0 Å². The van der Waals surface area contributed by atoms with E-state index < -0.39 is 0 Å². The van der Waals surface area contributed by atoms with Crippen LogP contribution in [0.15, 0.2) is 72.9 Å². The van der Waals surface area contributed by atoms with Crippen LogP contribution < -0.4 is 15.0 Å². The average Bonchev–Trinajstić information content (AvgIpc) is 2.88. The molecule has 0 bridgehead atoms. The predicted molar refractivity (Wildman–Crippen MR) is 110 cm³/mol. The van der Waals surface area contributed by atoms with Crippen LogP contribution in [-0.2, 0) is 11.3 Å². The first-order valence-electron chi connectivity index (χ1n) is 9.57. The highest BCUT2D eigenvalue weighted by Crippen LogP contribution is 2.37. The second-order valence-corrected chi connectivity index (χ2v) is 6.75. The zero-order valence-electron chi connectivity index (χ0n) is 15.9. The van der Waals surface area contributed by atoms with Gasteiger partial charge in [-0.05, 0) is 36.2 Å². The number of anilines is 1. The first kappa shape index (κ1) is 18.7. The third kappa shape index (κ3) is 4.27. The van der Waals surface area contributed by atoms with Gasteiger partial charge in [0.2, 0.25) is 11.8 Å². The lowest BCUT2D eigenvalue weighted by Gasteiger charge is -2.21. The molecule has 6 nitrogen and oxygen atoms in total. The number of fused-ring (bicyclic) bond motifs is 2. The van der Waals surface area contributed by atoms with Gasteiger partial charge < -0.3 is 15.0 Å². The molecule has 0 aliphatic carbocycles. The summed E-state index contributed by atoms with van der Waals surface area (Å²) >= 11 is 0. The lowest BCUT2D eigenvalue weighted by Crippen LogP contribution is -2.32. The van der Waals surface area contributed by atoms with Gasteiger partial charge in [0.25, 0.3) is 5.91 Å². The Morgan fingerprint density at radius 1 is 1.00 bits per heavy atom. The number of nitrogens with one attached hydrogen (secondary N) is 1. The molecule has 4 rings (SSSR count). The number of carbonyl (C=O) groups is 2. The van der Waals surface area contributed by atoms with Gasteiger partial charge in [-0.3, -0.25) is 9.59 Å². The van der Waals surface area contributed by atoms with Crippen LogP contribution in [0.1, 0.15) is 28.8 Å². The molecule has 0 radical (unpaired) electrons. The number of carbonyl (C=O) groups excluding carboxylic acids is 2. The summed E-state index contributed by atoms with van der Waals surface area (Å²) in [5, 5.41) is 2.92. The molecule has 2 amide bonds. The number of amides is 2. The fourth-order valence-electron chi connectivity index (χ4n) is 3.26. The molecule has 2 heterocycles. The number of ether oxygens (including phenoxy) is 1. The highest BCUT2D eigenvalue weighted by Gasteiger charge is 2.28. The SMILES string of the molecule is O=C(CCCN1C(=O)c2cccnc2Oc2ccccc21)NCc1ccccc1. The molecule has 1 aliphatic heterocycles. The van der Waals surface area contributed by atoms with Crippen molar-refractivity contribution < 1.29 is 14.3 Å². The van der Waals surface area contributed by atoms with Gasteiger partial charge in [0.15, 0.2) is 5.75 Å². The van der Waals surface area contributed by atoms with Gasteiger partial charge in [-0.2, -0.15) is 0 Å². The minimum absolute atomic E-state index is 0.0391. The summed E-state index contributed by atoms with van der Waals surface area (Å²) in [5.74, 6) is 0.658. The molecule has 6 heteroatoms. The van der Waals surface area contributed by atoms with Crippen LogP contribution in [0.5, 0.6) is 11.6 Å². The van der Waals surface area contributed by atoms with Crippen molar-refractivity contribution in [3.8, 4) is 11.6 Å². The van der Waals surface area contributed by atoms with Gasteiger partial charge in [-0.1, -0.05) is 42.5 Å². The van der Waals surface area contributed by atoms with E-state index in [2.05, 4.69) is 10.3 Å². The number of hydrogen-bond acceptors (Lipinski definition) is 4. The lowest BCUT2D eigenvalue weighted by atomic mass is 10.2. The van der Waals surface area contributed by atoms with Crippen molar-refractivity contribution in [2.24, 2.45) is 0 Å². The van der Waals surface area contributed by atoms with Crippen LogP contribution in [-0.4, -0.2) is 23.3 Å². The highest BCUT2D eigenvalue weighted by atomic mass is 16.5. The molecule has 1 N–H and O–H groups in total. The van der Waals surface area contributed by atoms with E-state index in [1.807, 2.05) is 54.6 Å². The van der Waals surface area contributed by atoms with Crippen LogP contribution in [0.4, 0.5) is 5.69 Å². The maximum Gasteiger partial charge on any atom is 0.263 e. The first-order valence-corrected chi connectivity index (χ1v) is 9.57. The molecule has 1 aromatic heterocycles. The Hall–Kier alpha value is -3.67. The van der Waals surface area contributed by atoms with E-state index in [0.29, 0.717) is 48.8 Å². The summed E-state index contributed by atoms with van der Waals surface area (Å²) in [5.41, 5.74) is 2.15. The van der Waals surface area contributed by atoms with Gasteiger partial charge in [0.05, 0.1) is 5.69 Å².